The summed E-state index contributed by atoms with van der Waals surface area (Å²) in [5, 5.41) is 3.64. The van der Waals surface area contributed by atoms with Gasteiger partial charge in [-0.25, -0.2) is 8.42 Å². The van der Waals surface area contributed by atoms with E-state index in [2.05, 4.69) is 5.32 Å². The summed E-state index contributed by atoms with van der Waals surface area (Å²) in [4.78, 5) is 0.254. The van der Waals surface area contributed by atoms with Crippen molar-refractivity contribution in [3.63, 3.8) is 0 Å². The second-order valence-corrected chi connectivity index (χ2v) is 6.92. The van der Waals surface area contributed by atoms with E-state index >= 15 is 0 Å². The third kappa shape index (κ3) is 3.88. The van der Waals surface area contributed by atoms with Gasteiger partial charge in [0.2, 0.25) is 0 Å². The first-order chi connectivity index (χ1) is 8.97. The van der Waals surface area contributed by atoms with Crippen molar-refractivity contribution in [3.8, 4) is 0 Å². The lowest BCUT2D eigenvalue weighted by Crippen LogP contribution is -2.23. The third-order valence-corrected chi connectivity index (χ3v) is 4.35. The summed E-state index contributed by atoms with van der Waals surface area (Å²) in [6, 6.07) is 4.64. The summed E-state index contributed by atoms with van der Waals surface area (Å²) in [5.41, 5.74) is 0.614. The molecule has 6 heteroatoms. The minimum Gasteiger partial charge on any atom is -0.497 e. The Hall–Kier alpha value is -1.20. The normalized spacial score (nSPS) is 18.9. The summed E-state index contributed by atoms with van der Waals surface area (Å²) < 4.78 is 28.4. The Balaban J connectivity index is 2.09. The van der Waals surface area contributed by atoms with Crippen molar-refractivity contribution in [1.29, 1.82) is 0 Å². The number of allylic oxidation sites excluding steroid dienone is 1. The summed E-state index contributed by atoms with van der Waals surface area (Å²) in [6.45, 7) is 0.595. The van der Waals surface area contributed by atoms with Gasteiger partial charge in [0.1, 0.15) is 6.10 Å². The molecular formula is C13H16ClNO3S. The number of anilines is 1. The molecule has 19 heavy (non-hydrogen) atoms. The lowest BCUT2D eigenvalue weighted by molar-refractivity contribution is 0.135. The molecule has 0 saturated heterocycles. The van der Waals surface area contributed by atoms with Gasteiger partial charge in [-0.2, -0.15) is 0 Å². The van der Waals surface area contributed by atoms with Crippen molar-refractivity contribution in [2.24, 2.45) is 0 Å². The number of nitrogens with one attached hydrogen (secondary N) is 1. The Bertz CT molecular complexity index is 584. The largest absolute Gasteiger partial charge is 0.497 e. The van der Waals surface area contributed by atoms with E-state index in [1.165, 1.54) is 12.3 Å². The number of benzene rings is 1. The zero-order chi connectivity index (χ0) is 13.9. The first-order valence-electron chi connectivity index (χ1n) is 6.01. The van der Waals surface area contributed by atoms with Gasteiger partial charge in [-0.15, -0.1) is 0 Å². The van der Waals surface area contributed by atoms with Gasteiger partial charge in [0.25, 0.3) is 0 Å². The fourth-order valence-corrected chi connectivity index (χ4v) is 2.66. The standard InChI is InChI=1S/C13H16ClNO3S/c1-19(16,17)11-5-6-12(14)13(8-11)15-9-10-4-2-3-7-18-10/h3,5-8,10,15H,2,4,9H2,1H3. The molecule has 1 N–H and O–H groups in total. The van der Waals surface area contributed by atoms with Crippen molar-refractivity contribution < 1.29 is 13.2 Å². The van der Waals surface area contributed by atoms with Gasteiger partial charge < -0.3 is 10.1 Å². The second-order valence-electron chi connectivity index (χ2n) is 4.50. The zero-order valence-corrected chi connectivity index (χ0v) is 12.2. The van der Waals surface area contributed by atoms with Crippen molar-refractivity contribution >= 4 is 27.1 Å². The van der Waals surface area contributed by atoms with Crippen LogP contribution in [0.15, 0.2) is 35.4 Å². The summed E-state index contributed by atoms with van der Waals surface area (Å²) in [5.74, 6) is 0. The minimum absolute atomic E-state index is 0.0861. The molecule has 0 aliphatic carbocycles. The predicted molar refractivity (Wildman–Crippen MR) is 76.3 cm³/mol. The number of ether oxygens (including phenoxy) is 1. The van der Waals surface area contributed by atoms with Gasteiger partial charge in [0, 0.05) is 6.26 Å². The zero-order valence-electron chi connectivity index (χ0n) is 10.6. The molecule has 1 heterocycles. The quantitative estimate of drug-likeness (QED) is 0.929. The van der Waals surface area contributed by atoms with Crippen LogP contribution in [0.25, 0.3) is 0 Å². The highest BCUT2D eigenvalue weighted by atomic mass is 35.5. The fraction of sp³-hybridized carbons (Fsp3) is 0.385. The Kier molecular flexibility index (Phi) is 4.37. The maximum Gasteiger partial charge on any atom is 0.175 e. The molecule has 1 aliphatic rings. The molecule has 1 atom stereocenters. The number of rotatable bonds is 4. The summed E-state index contributed by atoms with van der Waals surface area (Å²) >= 11 is 6.05. The monoisotopic (exact) mass is 301 g/mol. The van der Waals surface area contributed by atoms with Crippen LogP contribution in [0.1, 0.15) is 12.8 Å². The average Bonchev–Trinajstić information content (AvgIpc) is 2.37. The lowest BCUT2D eigenvalue weighted by Gasteiger charge is -2.20. The smallest absolute Gasteiger partial charge is 0.175 e. The Morgan fingerprint density at radius 1 is 1.47 bits per heavy atom. The van der Waals surface area contributed by atoms with Crippen molar-refractivity contribution in [2.45, 2.75) is 23.8 Å². The van der Waals surface area contributed by atoms with E-state index in [9.17, 15) is 8.42 Å². The number of hydrogen-bond donors (Lipinski definition) is 1. The van der Waals surface area contributed by atoms with Crippen LogP contribution in [0.2, 0.25) is 5.02 Å². The Morgan fingerprint density at radius 3 is 2.89 bits per heavy atom. The highest BCUT2D eigenvalue weighted by molar-refractivity contribution is 7.90. The highest BCUT2D eigenvalue weighted by Gasteiger charge is 2.13. The molecule has 104 valence electrons. The SMILES string of the molecule is CS(=O)(=O)c1ccc(Cl)c(NCC2CCC=CO2)c1. The van der Waals surface area contributed by atoms with E-state index in [1.807, 2.05) is 6.08 Å². The van der Waals surface area contributed by atoms with Gasteiger partial charge in [-0.1, -0.05) is 11.6 Å². The van der Waals surface area contributed by atoms with E-state index in [1.54, 1.807) is 18.4 Å². The first kappa shape index (κ1) is 14.2. The van der Waals surface area contributed by atoms with Crippen LogP contribution in [0.4, 0.5) is 5.69 Å². The van der Waals surface area contributed by atoms with E-state index < -0.39 is 9.84 Å². The molecule has 1 aromatic rings. The van der Waals surface area contributed by atoms with Gasteiger partial charge in [-0.05, 0) is 37.1 Å². The first-order valence-corrected chi connectivity index (χ1v) is 8.28. The molecule has 1 aromatic carbocycles. The highest BCUT2D eigenvalue weighted by Crippen LogP contribution is 2.25. The predicted octanol–water partition coefficient (Wildman–Crippen LogP) is 2.85. The van der Waals surface area contributed by atoms with Gasteiger partial charge in [0.15, 0.2) is 9.84 Å². The Labute approximate surface area is 118 Å². The number of hydrogen-bond acceptors (Lipinski definition) is 4. The number of sulfone groups is 1. The van der Waals surface area contributed by atoms with E-state index in [4.69, 9.17) is 16.3 Å². The maximum atomic E-state index is 11.5. The molecule has 0 spiro atoms. The summed E-state index contributed by atoms with van der Waals surface area (Å²) in [7, 11) is -3.23. The average molecular weight is 302 g/mol. The lowest BCUT2D eigenvalue weighted by atomic mass is 10.1. The van der Waals surface area contributed by atoms with Crippen molar-refractivity contribution in [1.82, 2.24) is 0 Å². The van der Waals surface area contributed by atoms with Crippen LogP contribution in [0.3, 0.4) is 0 Å². The summed E-state index contributed by atoms with van der Waals surface area (Å²) in [6.07, 6.45) is 6.87. The van der Waals surface area contributed by atoms with Crippen LogP contribution in [-0.4, -0.2) is 27.3 Å². The molecule has 1 aliphatic heterocycles. The molecule has 0 radical (unpaired) electrons. The van der Waals surface area contributed by atoms with Gasteiger partial charge >= 0.3 is 0 Å². The van der Waals surface area contributed by atoms with E-state index in [-0.39, 0.29) is 11.0 Å². The van der Waals surface area contributed by atoms with Crippen molar-refractivity contribution in [3.05, 3.63) is 35.6 Å². The maximum absolute atomic E-state index is 11.5. The second kappa shape index (κ2) is 5.84. The van der Waals surface area contributed by atoms with Gasteiger partial charge in [-0.3, -0.25) is 0 Å². The van der Waals surface area contributed by atoms with Crippen LogP contribution < -0.4 is 5.32 Å². The topological polar surface area (TPSA) is 55.4 Å². The molecule has 2 rings (SSSR count). The van der Waals surface area contributed by atoms with Gasteiger partial charge in [0.05, 0.1) is 28.4 Å². The van der Waals surface area contributed by atoms with E-state index in [0.717, 1.165) is 12.8 Å². The van der Waals surface area contributed by atoms with Crippen molar-refractivity contribution in [2.75, 3.05) is 18.1 Å². The molecular weight excluding hydrogens is 286 g/mol. The van der Waals surface area contributed by atoms with E-state index in [0.29, 0.717) is 17.3 Å². The third-order valence-electron chi connectivity index (χ3n) is 2.91. The molecule has 0 amide bonds. The molecule has 0 saturated carbocycles. The molecule has 4 nitrogen and oxygen atoms in total. The van der Waals surface area contributed by atoms with Crippen LogP contribution in [0.5, 0.6) is 0 Å². The molecule has 0 fully saturated rings. The minimum atomic E-state index is -3.23. The number of halogens is 1. The molecule has 0 aromatic heterocycles. The molecule has 1 unspecified atom stereocenters. The Morgan fingerprint density at radius 2 is 2.26 bits per heavy atom. The molecule has 0 bridgehead atoms. The van der Waals surface area contributed by atoms with Crippen LogP contribution in [-0.2, 0) is 14.6 Å². The fourth-order valence-electron chi connectivity index (χ4n) is 1.83. The van der Waals surface area contributed by atoms with Crippen LogP contribution in [0, 0.1) is 0 Å². The van der Waals surface area contributed by atoms with Crippen LogP contribution >= 0.6 is 11.6 Å².